The molecule has 4 aliphatic rings. The van der Waals surface area contributed by atoms with Crippen LogP contribution in [0.25, 0.3) is 6.08 Å². The molecule has 2 bridgehead atoms. The second kappa shape index (κ2) is 8.87. The molecule has 2 aromatic rings. The molecule has 194 valence electrons. The molecule has 1 spiro atoms. The first kappa shape index (κ1) is 24.0. The van der Waals surface area contributed by atoms with Crippen molar-refractivity contribution in [2.24, 2.45) is 5.92 Å². The number of carbonyl (C=O) groups is 3. The molecular weight excluding hydrogens is 472 g/mol. The quantitative estimate of drug-likeness (QED) is 0.339. The van der Waals surface area contributed by atoms with E-state index in [1.807, 2.05) is 13.1 Å². The van der Waals surface area contributed by atoms with Crippen LogP contribution in [0, 0.1) is 5.92 Å². The largest absolute Gasteiger partial charge is 0.483 e. The molecule has 0 radical (unpaired) electrons. The van der Waals surface area contributed by atoms with Crippen molar-refractivity contribution in [3.8, 4) is 11.5 Å². The summed E-state index contributed by atoms with van der Waals surface area (Å²) in [6.45, 7) is 4.30. The number of esters is 1. The number of ketones is 1. The Morgan fingerprint density at radius 2 is 2.05 bits per heavy atom. The Morgan fingerprint density at radius 3 is 2.78 bits per heavy atom. The van der Waals surface area contributed by atoms with Crippen LogP contribution >= 0.6 is 0 Å². The highest BCUT2D eigenvalue weighted by molar-refractivity contribution is 5.92. The highest BCUT2D eigenvalue weighted by Gasteiger charge is 2.66. The van der Waals surface area contributed by atoms with Crippen molar-refractivity contribution in [2.45, 2.75) is 63.1 Å². The van der Waals surface area contributed by atoms with Gasteiger partial charge in [0, 0.05) is 42.6 Å². The summed E-state index contributed by atoms with van der Waals surface area (Å²) < 4.78 is 17.5. The Bertz CT molecular complexity index is 1280. The number of likely N-dealkylation sites (tertiary alicyclic amines) is 1. The van der Waals surface area contributed by atoms with E-state index in [1.54, 1.807) is 42.6 Å². The predicted octanol–water partition coefficient (Wildman–Crippen LogP) is 3.37. The van der Waals surface area contributed by atoms with Crippen molar-refractivity contribution >= 4 is 23.7 Å². The maximum Gasteiger partial charge on any atom is 0.308 e. The summed E-state index contributed by atoms with van der Waals surface area (Å²) in [7, 11) is 1.84. The summed E-state index contributed by atoms with van der Waals surface area (Å²) in [5.74, 6) is 1.10. The lowest BCUT2D eigenvalue weighted by Gasteiger charge is -2.60. The number of likely N-dealkylation sites (N-methyl/N-ethyl adjacent to an activating group) is 1. The second-order valence-corrected chi connectivity index (χ2v) is 10.9. The number of rotatable bonds is 6. The fraction of sp³-hybridized carbons (Fsp3) is 0.483. The topological polar surface area (TPSA) is 89.3 Å². The minimum absolute atomic E-state index is 0.0950. The minimum atomic E-state index is -0.387. The van der Waals surface area contributed by atoms with E-state index in [0.717, 1.165) is 43.4 Å². The summed E-state index contributed by atoms with van der Waals surface area (Å²) in [6.07, 6.45) is 9.66. The van der Waals surface area contributed by atoms with Gasteiger partial charge in [-0.1, -0.05) is 6.07 Å². The standard InChI is InChI=1S/C29H32N2O6/c1-17(32)15-31-12-11-29-21-6-7-22(30(3)25(34)9-4-19-10-13-35-16-19)28(29)37-27-24(36-18(2)33)8-5-20(26(27)29)14-23(21)31/h4-5,8-10,13,16,21-23,28H,6-7,11-12,14-15H2,1-3H3/t21-,22-,23+,28-,29-/m0/s1. The van der Waals surface area contributed by atoms with Gasteiger partial charge in [-0.2, -0.15) is 0 Å². The zero-order valence-corrected chi connectivity index (χ0v) is 21.4. The fourth-order valence-electron chi connectivity index (χ4n) is 7.52. The van der Waals surface area contributed by atoms with Gasteiger partial charge in [0.1, 0.15) is 11.9 Å². The van der Waals surface area contributed by atoms with Crippen LogP contribution in [0.15, 0.2) is 41.2 Å². The molecule has 37 heavy (non-hydrogen) atoms. The number of Topliss-reactive ketones (excluding diaryl/α,β-unsaturated/α-hetero) is 1. The first-order chi connectivity index (χ1) is 17.8. The molecule has 1 amide bonds. The van der Waals surface area contributed by atoms with Gasteiger partial charge in [0.25, 0.3) is 0 Å². The number of hydrogen-bond donors (Lipinski definition) is 0. The van der Waals surface area contributed by atoms with Crippen LogP contribution in [0.1, 0.15) is 49.8 Å². The average Bonchev–Trinajstić information content (AvgIpc) is 3.50. The molecule has 1 saturated heterocycles. The second-order valence-electron chi connectivity index (χ2n) is 10.9. The molecule has 2 aliphatic heterocycles. The molecule has 1 saturated carbocycles. The van der Waals surface area contributed by atoms with Crippen LogP contribution in [-0.2, 0) is 26.2 Å². The highest BCUT2D eigenvalue weighted by atomic mass is 16.6. The van der Waals surface area contributed by atoms with E-state index in [0.29, 0.717) is 24.0 Å². The number of piperidine rings is 1. The normalized spacial score (nSPS) is 29.5. The van der Waals surface area contributed by atoms with E-state index in [9.17, 15) is 14.4 Å². The Hall–Kier alpha value is -3.39. The average molecular weight is 505 g/mol. The van der Waals surface area contributed by atoms with E-state index < -0.39 is 0 Å². The van der Waals surface area contributed by atoms with Gasteiger partial charge in [-0.05, 0) is 68.8 Å². The molecule has 0 N–H and O–H groups in total. The van der Waals surface area contributed by atoms with Crippen LogP contribution < -0.4 is 9.47 Å². The zero-order valence-electron chi connectivity index (χ0n) is 21.4. The number of carbonyl (C=O) groups excluding carboxylic acids is 3. The number of benzene rings is 1. The van der Waals surface area contributed by atoms with Gasteiger partial charge in [0.05, 0.1) is 25.1 Å². The molecular formula is C29H32N2O6. The summed E-state index contributed by atoms with van der Waals surface area (Å²) in [5.41, 5.74) is 2.89. The van der Waals surface area contributed by atoms with Crippen LogP contribution in [0.4, 0.5) is 0 Å². The van der Waals surface area contributed by atoms with Crippen molar-refractivity contribution in [2.75, 3.05) is 20.1 Å². The summed E-state index contributed by atoms with van der Waals surface area (Å²) >= 11 is 0. The SMILES string of the molecule is CC(=O)CN1CC[C@]23c4c5ccc(OC(C)=O)c4O[C@H]2[C@@H](N(C)C(=O)C=Cc2ccoc2)CC[C@H]3[C@H]1C5. The lowest BCUT2D eigenvalue weighted by Crippen LogP contribution is -2.69. The molecule has 6 rings (SSSR count). The lowest BCUT2D eigenvalue weighted by molar-refractivity contribution is -0.136. The molecule has 2 aliphatic carbocycles. The van der Waals surface area contributed by atoms with Crippen LogP contribution in [0.5, 0.6) is 11.5 Å². The summed E-state index contributed by atoms with van der Waals surface area (Å²) in [5, 5.41) is 0. The van der Waals surface area contributed by atoms with Crippen molar-refractivity contribution in [3.05, 3.63) is 53.5 Å². The van der Waals surface area contributed by atoms with Gasteiger partial charge < -0.3 is 18.8 Å². The molecule has 3 heterocycles. The lowest BCUT2D eigenvalue weighted by atomic mass is 9.51. The predicted molar refractivity (Wildman–Crippen MR) is 135 cm³/mol. The van der Waals surface area contributed by atoms with Crippen LogP contribution in [0.2, 0.25) is 0 Å². The number of amides is 1. The number of furan rings is 1. The van der Waals surface area contributed by atoms with E-state index in [2.05, 4.69) is 11.0 Å². The first-order valence-electron chi connectivity index (χ1n) is 13.0. The van der Waals surface area contributed by atoms with E-state index in [1.165, 1.54) is 12.5 Å². The van der Waals surface area contributed by atoms with Crippen molar-refractivity contribution in [1.29, 1.82) is 0 Å². The van der Waals surface area contributed by atoms with Gasteiger partial charge >= 0.3 is 5.97 Å². The minimum Gasteiger partial charge on any atom is -0.483 e. The van der Waals surface area contributed by atoms with Gasteiger partial charge in [-0.15, -0.1) is 0 Å². The molecule has 1 aromatic heterocycles. The van der Waals surface area contributed by atoms with Crippen molar-refractivity contribution in [3.63, 3.8) is 0 Å². The molecule has 2 fully saturated rings. The third-order valence-corrected chi connectivity index (χ3v) is 8.87. The summed E-state index contributed by atoms with van der Waals surface area (Å²) in [6, 6.07) is 5.79. The molecule has 8 nitrogen and oxygen atoms in total. The zero-order chi connectivity index (χ0) is 25.9. The highest BCUT2D eigenvalue weighted by Crippen LogP contribution is 2.64. The van der Waals surface area contributed by atoms with Gasteiger partial charge in [0.15, 0.2) is 11.5 Å². The number of hydrogen-bond acceptors (Lipinski definition) is 7. The molecule has 1 aromatic carbocycles. The Balaban J connectivity index is 1.40. The summed E-state index contributed by atoms with van der Waals surface area (Å²) in [4.78, 5) is 41.4. The maximum atomic E-state index is 13.3. The Labute approximate surface area is 216 Å². The Kier molecular flexibility index (Phi) is 5.75. The molecule has 8 heteroatoms. The van der Waals surface area contributed by atoms with E-state index in [-0.39, 0.29) is 41.3 Å². The third kappa shape index (κ3) is 3.72. The number of ether oxygens (including phenoxy) is 2. The molecule has 5 atom stereocenters. The van der Waals surface area contributed by atoms with Gasteiger partial charge in [0.2, 0.25) is 5.91 Å². The number of nitrogens with zero attached hydrogens (tertiary/aromatic N) is 2. The van der Waals surface area contributed by atoms with Gasteiger partial charge in [-0.3, -0.25) is 19.3 Å². The van der Waals surface area contributed by atoms with Crippen LogP contribution in [-0.4, -0.2) is 65.8 Å². The van der Waals surface area contributed by atoms with Gasteiger partial charge in [-0.25, -0.2) is 0 Å². The van der Waals surface area contributed by atoms with E-state index >= 15 is 0 Å². The first-order valence-corrected chi connectivity index (χ1v) is 13.0. The molecule has 0 unspecified atom stereocenters. The Morgan fingerprint density at radius 1 is 1.22 bits per heavy atom. The monoisotopic (exact) mass is 504 g/mol. The van der Waals surface area contributed by atoms with E-state index in [4.69, 9.17) is 13.9 Å². The maximum absolute atomic E-state index is 13.3. The third-order valence-electron chi connectivity index (χ3n) is 8.87. The van der Waals surface area contributed by atoms with Crippen molar-refractivity contribution in [1.82, 2.24) is 9.80 Å². The van der Waals surface area contributed by atoms with Crippen LogP contribution in [0.3, 0.4) is 0 Å². The fourth-order valence-corrected chi connectivity index (χ4v) is 7.52. The van der Waals surface area contributed by atoms with Crippen molar-refractivity contribution < 1.29 is 28.3 Å². The smallest absolute Gasteiger partial charge is 0.308 e.